The molecular weight excluding hydrogens is 308 g/mol. The minimum Gasteiger partial charge on any atom is -0.396 e. The molecule has 0 aromatic rings. The van der Waals surface area contributed by atoms with Crippen LogP contribution in [0.4, 0.5) is 0 Å². The molecule has 1 aliphatic rings. The van der Waals surface area contributed by atoms with Crippen LogP contribution in [-0.4, -0.2) is 23.4 Å². The van der Waals surface area contributed by atoms with Crippen LogP contribution in [-0.2, 0) is 0 Å². The summed E-state index contributed by atoms with van der Waals surface area (Å²) in [7, 11) is 0. The summed E-state index contributed by atoms with van der Waals surface area (Å²) in [5.74, 6) is 0. The molecule has 0 radical (unpaired) electrons. The molecule has 0 saturated carbocycles. The van der Waals surface area contributed by atoms with E-state index in [1.807, 2.05) is 18.2 Å². The van der Waals surface area contributed by atoms with Crippen LogP contribution in [0.2, 0.25) is 0 Å². The average molecular weight is 343 g/mol. The molecule has 1 aliphatic carbocycles. The van der Waals surface area contributed by atoms with E-state index in [9.17, 15) is 10.2 Å². The Labute approximate surface area is 153 Å². The van der Waals surface area contributed by atoms with Gasteiger partial charge in [0.2, 0.25) is 0 Å². The Morgan fingerprint density at radius 1 is 1.16 bits per heavy atom. The van der Waals surface area contributed by atoms with Gasteiger partial charge in [-0.25, -0.2) is 0 Å². The Hall–Kier alpha value is -1.64. The lowest BCUT2D eigenvalue weighted by atomic mass is 9.70. The van der Waals surface area contributed by atoms with Crippen molar-refractivity contribution >= 4 is 0 Å². The molecule has 25 heavy (non-hydrogen) atoms. The van der Waals surface area contributed by atoms with Crippen molar-refractivity contribution in [1.29, 1.82) is 0 Å². The fourth-order valence-electron chi connectivity index (χ4n) is 3.86. The highest BCUT2D eigenvalue weighted by Gasteiger charge is 2.41. The zero-order valence-corrected chi connectivity index (χ0v) is 15.9. The minimum absolute atomic E-state index is 0.142. The predicted molar refractivity (Wildman–Crippen MR) is 108 cm³/mol. The van der Waals surface area contributed by atoms with Gasteiger partial charge in [-0.15, -0.1) is 0 Å². The van der Waals surface area contributed by atoms with Crippen molar-refractivity contribution in [3.63, 3.8) is 0 Å². The molecule has 0 bridgehead atoms. The molecule has 0 saturated heterocycles. The Bertz CT molecular complexity index is 565. The number of aliphatic hydroxyl groups excluding tert-OH is 2. The molecule has 0 aliphatic heterocycles. The van der Waals surface area contributed by atoms with Crippen molar-refractivity contribution in [2.24, 2.45) is 5.41 Å². The van der Waals surface area contributed by atoms with Crippen LogP contribution in [0.25, 0.3) is 0 Å². The third kappa shape index (κ3) is 5.42. The lowest BCUT2D eigenvalue weighted by molar-refractivity contribution is 0.231. The molecular formula is C23H34O2. The summed E-state index contributed by atoms with van der Waals surface area (Å²) >= 11 is 0. The molecule has 0 aromatic carbocycles. The van der Waals surface area contributed by atoms with E-state index in [0.29, 0.717) is 0 Å². The highest BCUT2D eigenvalue weighted by Crippen LogP contribution is 2.54. The van der Waals surface area contributed by atoms with Crippen LogP contribution >= 0.6 is 0 Å². The van der Waals surface area contributed by atoms with Gasteiger partial charge in [0, 0.05) is 18.6 Å². The Morgan fingerprint density at radius 2 is 1.80 bits per heavy atom. The Kier molecular flexibility index (Phi) is 9.48. The third-order valence-corrected chi connectivity index (χ3v) is 4.92. The maximum Gasteiger partial charge on any atom is 0.0431 e. The monoisotopic (exact) mass is 342 g/mol. The number of rotatable bonds is 11. The number of aliphatic hydroxyl groups is 2. The molecule has 2 nitrogen and oxygen atoms in total. The molecule has 2 heteroatoms. The molecule has 0 fully saturated rings. The van der Waals surface area contributed by atoms with Gasteiger partial charge in [-0.1, -0.05) is 67.7 Å². The first-order valence-corrected chi connectivity index (χ1v) is 9.34. The molecule has 0 atom stereocenters. The second kappa shape index (κ2) is 11.1. The van der Waals surface area contributed by atoms with Crippen LogP contribution < -0.4 is 0 Å². The molecule has 138 valence electrons. The zero-order chi connectivity index (χ0) is 18.7. The largest absolute Gasteiger partial charge is 0.396 e. The van der Waals surface area contributed by atoms with Gasteiger partial charge in [0.15, 0.2) is 0 Å². The van der Waals surface area contributed by atoms with Crippen molar-refractivity contribution in [2.75, 3.05) is 13.2 Å². The SMILES string of the molecule is C=C/C=C(C)\C=C1/CC(/C=C\CC)=C(C=C)C1(CCCO)CCCO. The van der Waals surface area contributed by atoms with Crippen LogP contribution in [0.1, 0.15) is 52.4 Å². The minimum atomic E-state index is -0.142. The summed E-state index contributed by atoms with van der Waals surface area (Å²) in [6, 6.07) is 0. The first kappa shape index (κ1) is 21.4. The molecule has 0 aromatic heterocycles. The van der Waals surface area contributed by atoms with Gasteiger partial charge in [-0.05, 0) is 56.6 Å². The van der Waals surface area contributed by atoms with Gasteiger partial charge in [0.05, 0.1) is 0 Å². The second-order valence-electron chi connectivity index (χ2n) is 6.68. The van der Waals surface area contributed by atoms with Gasteiger partial charge in [-0.3, -0.25) is 0 Å². The molecule has 0 unspecified atom stereocenters. The van der Waals surface area contributed by atoms with Crippen molar-refractivity contribution in [3.05, 3.63) is 71.9 Å². The quantitative estimate of drug-likeness (QED) is 0.492. The summed E-state index contributed by atoms with van der Waals surface area (Å²) in [6.07, 6.45) is 17.6. The van der Waals surface area contributed by atoms with Gasteiger partial charge in [0.1, 0.15) is 0 Å². The van der Waals surface area contributed by atoms with Gasteiger partial charge in [0.25, 0.3) is 0 Å². The van der Waals surface area contributed by atoms with Crippen LogP contribution in [0.3, 0.4) is 0 Å². The second-order valence-corrected chi connectivity index (χ2v) is 6.68. The van der Waals surface area contributed by atoms with E-state index in [0.717, 1.165) is 38.5 Å². The molecule has 0 spiro atoms. The first-order chi connectivity index (χ1) is 12.1. The van der Waals surface area contributed by atoms with E-state index < -0.39 is 0 Å². The van der Waals surface area contributed by atoms with Crippen molar-refractivity contribution in [1.82, 2.24) is 0 Å². The zero-order valence-electron chi connectivity index (χ0n) is 15.9. The van der Waals surface area contributed by atoms with E-state index in [4.69, 9.17) is 0 Å². The van der Waals surface area contributed by atoms with Gasteiger partial charge < -0.3 is 10.2 Å². The molecule has 0 heterocycles. The predicted octanol–water partition coefficient (Wildman–Crippen LogP) is 5.43. The summed E-state index contributed by atoms with van der Waals surface area (Å²) in [6.45, 7) is 12.5. The topological polar surface area (TPSA) is 40.5 Å². The fraction of sp³-hybridized carbons (Fsp3) is 0.478. The maximum atomic E-state index is 9.44. The number of hydrogen-bond acceptors (Lipinski definition) is 2. The standard InChI is InChI=1S/C23H34O2/c1-5-8-12-20-18-21(17-19(4)11-6-2)23(13-9-15-24,14-10-16-25)22(20)7-3/h6-8,11-12,17,24-25H,2-3,5,9-10,13-16,18H2,1,4H3/b12-8-,19-11-,21-17+. The maximum absolute atomic E-state index is 9.44. The third-order valence-electron chi connectivity index (χ3n) is 4.92. The lowest BCUT2D eigenvalue weighted by Gasteiger charge is -2.34. The highest BCUT2D eigenvalue weighted by atomic mass is 16.3. The smallest absolute Gasteiger partial charge is 0.0431 e. The molecule has 1 rings (SSSR count). The Balaban J connectivity index is 3.48. The van der Waals surface area contributed by atoms with Gasteiger partial charge in [-0.2, -0.15) is 0 Å². The summed E-state index contributed by atoms with van der Waals surface area (Å²) in [4.78, 5) is 0. The number of allylic oxidation sites excluding steroid dienone is 10. The van der Waals surface area contributed by atoms with E-state index in [-0.39, 0.29) is 18.6 Å². The summed E-state index contributed by atoms with van der Waals surface area (Å²) in [5.41, 5.74) is 4.96. The normalized spacial score (nSPS) is 19.2. The highest BCUT2D eigenvalue weighted by molar-refractivity contribution is 5.53. The van der Waals surface area contributed by atoms with Crippen molar-refractivity contribution < 1.29 is 10.2 Å². The lowest BCUT2D eigenvalue weighted by Crippen LogP contribution is -2.23. The van der Waals surface area contributed by atoms with Crippen LogP contribution in [0.5, 0.6) is 0 Å². The van der Waals surface area contributed by atoms with E-state index in [1.165, 1.54) is 22.3 Å². The summed E-state index contributed by atoms with van der Waals surface area (Å²) in [5, 5.41) is 18.9. The molecule has 2 N–H and O–H groups in total. The molecule has 0 amide bonds. The Morgan fingerprint density at radius 3 is 2.28 bits per heavy atom. The van der Waals surface area contributed by atoms with Crippen LogP contribution in [0, 0.1) is 5.41 Å². The van der Waals surface area contributed by atoms with E-state index in [2.05, 4.69) is 45.2 Å². The average Bonchev–Trinajstić information content (AvgIpc) is 2.89. The fourth-order valence-corrected chi connectivity index (χ4v) is 3.86. The van der Waals surface area contributed by atoms with Crippen LogP contribution in [0.15, 0.2) is 71.9 Å². The van der Waals surface area contributed by atoms with E-state index >= 15 is 0 Å². The van der Waals surface area contributed by atoms with Crippen molar-refractivity contribution in [2.45, 2.75) is 52.4 Å². The van der Waals surface area contributed by atoms with Crippen molar-refractivity contribution in [3.8, 4) is 0 Å². The van der Waals surface area contributed by atoms with Gasteiger partial charge >= 0.3 is 0 Å². The summed E-state index contributed by atoms with van der Waals surface area (Å²) < 4.78 is 0. The number of hydrogen-bond donors (Lipinski definition) is 2. The van der Waals surface area contributed by atoms with E-state index in [1.54, 1.807) is 0 Å². The first-order valence-electron chi connectivity index (χ1n) is 9.34.